The molecule has 1 rings (SSSR count). The maximum absolute atomic E-state index is 11.7. The van der Waals surface area contributed by atoms with Gasteiger partial charge >= 0.3 is 12.2 Å². The van der Waals surface area contributed by atoms with E-state index in [0.29, 0.717) is 5.69 Å². The zero-order valence-electron chi connectivity index (χ0n) is 7.08. The van der Waals surface area contributed by atoms with Gasteiger partial charge in [0.05, 0.1) is 5.69 Å². The lowest BCUT2D eigenvalue weighted by Gasteiger charge is -2.07. The van der Waals surface area contributed by atoms with Gasteiger partial charge in [0.1, 0.15) is 0 Å². The van der Waals surface area contributed by atoms with Gasteiger partial charge in [-0.15, -0.1) is 0 Å². The molecule has 0 atom stereocenters. The third-order valence-corrected chi connectivity index (χ3v) is 1.27. The summed E-state index contributed by atoms with van der Waals surface area (Å²) in [4.78, 5) is 7.14. The summed E-state index contributed by atoms with van der Waals surface area (Å²) in [6.07, 6.45) is -3.09. The number of ether oxygens (including phenoxy) is 1. The normalized spacial score (nSPS) is 11.4. The van der Waals surface area contributed by atoms with Gasteiger partial charge in [0.25, 0.3) is 0 Å². The molecule has 0 fully saturated rings. The molecule has 0 aromatic carbocycles. The summed E-state index contributed by atoms with van der Waals surface area (Å²) in [5.74, 6) is 0. The van der Waals surface area contributed by atoms with Gasteiger partial charge in [-0.05, 0) is 6.07 Å². The predicted molar refractivity (Wildman–Crippen MR) is 41.5 cm³/mol. The highest BCUT2D eigenvalue weighted by Crippen LogP contribution is 2.15. The Morgan fingerprint density at radius 1 is 1.43 bits per heavy atom. The standard InChI is InChI=1S/C7H8F3N3O/c8-7(9,10)4-14-6-12-2-1-5(3-11)13-6/h1-2H,3-4,11H2. The van der Waals surface area contributed by atoms with Gasteiger partial charge in [0.15, 0.2) is 6.61 Å². The van der Waals surface area contributed by atoms with Crippen LogP contribution in [-0.2, 0) is 6.54 Å². The Bertz CT molecular complexity index is 302. The first-order chi connectivity index (χ1) is 6.51. The molecule has 0 saturated carbocycles. The number of aromatic nitrogens is 2. The Morgan fingerprint density at radius 3 is 2.71 bits per heavy atom. The Hall–Kier alpha value is -1.37. The van der Waals surface area contributed by atoms with Crippen molar-refractivity contribution in [2.45, 2.75) is 12.7 Å². The lowest BCUT2D eigenvalue weighted by Crippen LogP contribution is -2.20. The van der Waals surface area contributed by atoms with Crippen molar-refractivity contribution in [3.63, 3.8) is 0 Å². The minimum absolute atomic E-state index is 0.130. The summed E-state index contributed by atoms with van der Waals surface area (Å²) >= 11 is 0. The first-order valence-electron chi connectivity index (χ1n) is 3.73. The second kappa shape index (κ2) is 4.23. The molecule has 0 amide bonds. The van der Waals surface area contributed by atoms with E-state index < -0.39 is 12.8 Å². The van der Waals surface area contributed by atoms with Gasteiger partial charge in [-0.2, -0.15) is 18.2 Å². The number of hydrogen-bond donors (Lipinski definition) is 1. The van der Waals surface area contributed by atoms with Crippen LogP contribution >= 0.6 is 0 Å². The molecule has 0 spiro atoms. The first kappa shape index (κ1) is 10.7. The van der Waals surface area contributed by atoms with Gasteiger partial charge < -0.3 is 10.5 Å². The quantitative estimate of drug-likeness (QED) is 0.799. The summed E-state index contributed by atoms with van der Waals surface area (Å²) in [6, 6.07) is 1.19. The predicted octanol–water partition coefficient (Wildman–Crippen LogP) is 0.876. The van der Waals surface area contributed by atoms with E-state index in [1.165, 1.54) is 12.3 Å². The fourth-order valence-electron chi connectivity index (χ4n) is 0.706. The molecule has 0 aliphatic rings. The topological polar surface area (TPSA) is 61.0 Å². The average Bonchev–Trinajstić information content (AvgIpc) is 2.14. The molecule has 0 aliphatic heterocycles. The molecule has 0 saturated heterocycles. The maximum atomic E-state index is 11.7. The second-order valence-corrected chi connectivity index (χ2v) is 2.44. The summed E-state index contributed by atoms with van der Waals surface area (Å²) in [5, 5.41) is 0. The van der Waals surface area contributed by atoms with Crippen molar-refractivity contribution in [1.29, 1.82) is 0 Å². The van der Waals surface area contributed by atoms with Crippen molar-refractivity contribution in [2.75, 3.05) is 6.61 Å². The summed E-state index contributed by atoms with van der Waals surface area (Å²) in [6.45, 7) is -1.27. The van der Waals surface area contributed by atoms with Crippen LogP contribution in [0.2, 0.25) is 0 Å². The van der Waals surface area contributed by atoms with E-state index in [0.717, 1.165) is 0 Å². The molecule has 4 nitrogen and oxygen atoms in total. The van der Waals surface area contributed by atoms with Crippen molar-refractivity contribution in [1.82, 2.24) is 9.97 Å². The molecular formula is C7H8F3N3O. The van der Waals surface area contributed by atoms with Crippen LogP contribution in [0.15, 0.2) is 12.3 Å². The van der Waals surface area contributed by atoms with E-state index in [1.54, 1.807) is 0 Å². The molecule has 0 unspecified atom stereocenters. The fourth-order valence-corrected chi connectivity index (χ4v) is 0.706. The maximum Gasteiger partial charge on any atom is 0.422 e. The Kier molecular flexibility index (Phi) is 3.23. The molecule has 78 valence electrons. The number of halogens is 3. The molecular weight excluding hydrogens is 199 g/mol. The van der Waals surface area contributed by atoms with E-state index >= 15 is 0 Å². The lowest BCUT2D eigenvalue weighted by atomic mass is 10.4. The van der Waals surface area contributed by atoms with Crippen LogP contribution in [0.4, 0.5) is 13.2 Å². The van der Waals surface area contributed by atoms with Crippen molar-refractivity contribution < 1.29 is 17.9 Å². The van der Waals surface area contributed by atoms with Crippen molar-refractivity contribution in [2.24, 2.45) is 5.73 Å². The van der Waals surface area contributed by atoms with Gasteiger partial charge in [-0.1, -0.05) is 0 Å². The van der Waals surface area contributed by atoms with E-state index in [9.17, 15) is 13.2 Å². The van der Waals surface area contributed by atoms with Crippen LogP contribution in [0.1, 0.15) is 5.69 Å². The third-order valence-electron chi connectivity index (χ3n) is 1.27. The Balaban J connectivity index is 2.59. The molecule has 1 aromatic rings. The van der Waals surface area contributed by atoms with Crippen LogP contribution in [0.5, 0.6) is 6.01 Å². The zero-order valence-corrected chi connectivity index (χ0v) is 7.08. The minimum Gasteiger partial charge on any atom is -0.454 e. The molecule has 14 heavy (non-hydrogen) atoms. The van der Waals surface area contributed by atoms with Gasteiger partial charge in [-0.25, -0.2) is 4.98 Å². The highest BCUT2D eigenvalue weighted by molar-refractivity contribution is 5.04. The van der Waals surface area contributed by atoms with E-state index in [-0.39, 0.29) is 12.6 Å². The van der Waals surface area contributed by atoms with Crippen LogP contribution < -0.4 is 10.5 Å². The second-order valence-electron chi connectivity index (χ2n) is 2.44. The summed E-state index contributed by atoms with van der Waals surface area (Å²) < 4.78 is 39.5. The van der Waals surface area contributed by atoms with Gasteiger partial charge in [0.2, 0.25) is 0 Å². The smallest absolute Gasteiger partial charge is 0.422 e. The lowest BCUT2D eigenvalue weighted by molar-refractivity contribution is -0.154. The highest BCUT2D eigenvalue weighted by Gasteiger charge is 2.28. The van der Waals surface area contributed by atoms with Crippen molar-refractivity contribution in [3.05, 3.63) is 18.0 Å². The van der Waals surface area contributed by atoms with Crippen molar-refractivity contribution in [3.8, 4) is 6.01 Å². The van der Waals surface area contributed by atoms with Crippen LogP contribution in [0, 0.1) is 0 Å². The summed E-state index contributed by atoms with van der Waals surface area (Å²) in [7, 11) is 0. The first-order valence-corrected chi connectivity index (χ1v) is 3.73. The fraction of sp³-hybridized carbons (Fsp3) is 0.429. The number of nitrogens with two attached hydrogens (primary N) is 1. The minimum atomic E-state index is -4.39. The molecule has 0 radical (unpaired) electrons. The van der Waals surface area contributed by atoms with Crippen molar-refractivity contribution >= 4 is 0 Å². The van der Waals surface area contributed by atoms with Crippen LogP contribution in [-0.4, -0.2) is 22.8 Å². The largest absolute Gasteiger partial charge is 0.454 e. The summed E-state index contributed by atoms with van der Waals surface area (Å²) in [5.41, 5.74) is 5.66. The number of rotatable bonds is 3. The highest BCUT2D eigenvalue weighted by atomic mass is 19.4. The van der Waals surface area contributed by atoms with Crippen LogP contribution in [0.25, 0.3) is 0 Å². The number of nitrogens with zero attached hydrogens (tertiary/aromatic N) is 2. The SMILES string of the molecule is NCc1ccnc(OCC(F)(F)F)n1. The van der Waals surface area contributed by atoms with E-state index in [1.807, 2.05) is 0 Å². The molecule has 1 heterocycles. The molecule has 1 aromatic heterocycles. The Labute approximate surface area is 77.9 Å². The molecule has 7 heteroatoms. The number of alkyl halides is 3. The number of hydrogen-bond acceptors (Lipinski definition) is 4. The van der Waals surface area contributed by atoms with Gasteiger partial charge in [-0.3, -0.25) is 0 Å². The van der Waals surface area contributed by atoms with Gasteiger partial charge in [0, 0.05) is 12.7 Å². The van der Waals surface area contributed by atoms with Crippen LogP contribution in [0.3, 0.4) is 0 Å². The van der Waals surface area contributed by atoms with E-state index in [2.05, 4.69) is 14.7 Å². The molecule has 0 aliphatic carbocycles. The Morgan fingerprint density at radius 2 is 2.14 bits per heavy atom. The van der Waals surface area contributed by atoms with E-state index in [4.69, 9.17) is 5.73 Å². The monoisotopic (exact) mass is 207 g/mol. The molecule has 2 N–H and O–H groups in total. The average molecular weight is 207 g/mol. The third kappa shape index (κ3) is 3.56. The molecule has 0 bridgehead atoms. The zero-order chi connectivity index (χ0) is 10.6.